The number of likely N-dealkylation sites (N-methyl/N-ethyl adjacent to an activating group) is 1. The molecule has 0 saturated heterocycles. The maximum absolute atomic E-state index is 11.5. The minimum absolute atomic E-state index is 0.0831. The Balaban J connectivity index is 2.41. The first-order valence-corrected chi connectivity index (χ1v) is 7.25. The van der Waals surface area contributed by atoms with Gasteiger partial charge >= 0.3 is 0 Å². The second-order valence-electron chi connectivity index (χ2n) is 5.10. The van der Waals surface area contributed by atoms with E-state index >= 15 is 0 Å². The summed E-state index contributed by atoms with van der Waals surface area (Å²) in [4.78, 5) is 11.5. The molecule has 0 heterocycles. The lowest BCUT2D eigenvalue weighted by Crippen LogP contribution is -2.24. The molecule has 1 amide bonds. The zero-order valence-electron chi connectivity index (χ0n) is 12.3. The Morgan fingerprint density at radius 1 is 1.21 bits per heavy atom. The Labute approximate surface area is 116 Å². The van der Waals surface area contributed by atoms with Crippen molar-refractivity contribution >= 4 is 11.6 Å². The average Bonchev–Trinajstić information content (AvgIpc) is 2.38. The van der Waals surface area contributed by atoms with Crippen molar-refractivity contribution in [3.8, 4) is 0 Å². The monoisotopic (exact) mass is 262 g/mol. The third-order valence-electron chi connectivity index (χ3n) is 3.13. The molecule has 106 valence electrons. The van der Waals surface area contributed by atoms with Gasteiger partial charge in [-0.3, -0.25) is 4.79 Å². The second kappa shape index (κ2) is 8.57. The standard InChI is InChI=1S/C16H26N2O/c1-4-6-13(3)12-18-15-9-7-14(8-10-15)11-16(19)17-5-2/h7-10,13,18H,4-6,11-12H2,1-3H3,(H,17,19). The van der Waals surface area contributed by atoms with Crippen molar-refractivity contribution in [2.24, 2.45) is 5.92 Å². The van der Waals surface area contributed by atoms with Crippen LogP contribution in [0.5, 0.6) is 0 Å². The van der Waals surface area contributed by atoms with Crippen LogP contribution in [-0.2, 0) is 11.2 Å². The third kappa shape index (κ3) is 6.27. The molecular weight excluding hydrogens is 236 g/mol. The molecule has 2 N–H and O–H groups in total. The summed E-state index contributed by atoms with van der Waals surface area (Å²) in [5.74, 6) is 0.778. The summed E-state index contributed by atoms with van der Waals surface area (Å²) >= 11 is 0. The van der Waals surface area contributed by atoms with Crippen molar-refractivity contribution in [1.82, 2.24) is 5.32 Å². The molecule has 0 bridgehead atoms. The van der Waals surface area contributed by atoms with E-state index in [0.29, 0.717) is 18.9 Å². The number of anilines is 1. The van der Waals surface area contributed by atoms with Crippen molar-refractivity contribution in [3.63, 3.8) is 0 Å². The van der Waals surface area contributed by atoms with Gasteiger partial charge in [0.1, 0.15) is 0 Å². The van der Waals surface area contributed by atoms with Crippen molar-refractivity contribution in [1.29, 1.82) is 0 Å². The third-order valence-corrected chi connectivity index (χ3v) is 3.13. The van der Waals surface area contributed by atoms with E-state index in [9.17, 15) is 4.79 Å². The van der Waals surface area contributed by atoms with Crippen LogP contribution in [0, 0.1) is 5.92 Å². The number of rotatable bonds is 8. The van der Waals surface area contributed by atoms with E-state index in [1.54, 1.807) is 0 Å². The largest absolute Gasteiger partial charge is 0.385 e. The highest BCUT2D eigenvalue weighted by atomic mass is 16.1. The number of amides is 1. The highest BCUT2D eigenvalue weighted by Gasteiger charge is 2.03. The van der Waals surface area contributed by atoms with Gasteiger partial charge in [0.05, 0.1) is 6.42 Å². The van der Waals surface area contributed by atoms with Gasteiger partial charge in [-0.2, -0.15) is 0 Å². The molecule has 1 aromatic rings. The summed E-state index contributed by atoms with van der Waals surface area (Å²) < 4.78 is 0. The van der Waals surface area contributed by atoms with Crippen molar-refractivity contribution in [3.05, 3.63) is 29.8 Å². The lowest BCUT2D eigenvalue weighted by atomic mass is 10.1. The zero-order chi connectivity index (χ0) is 14.1. The number of carbonyl (C=O) groups excluding carboxylic acids is 1. The predicted octanol–water partition coefficient (Wildman–Crippen LogP) is 3.21. The predicted molar refractivity (Wildman–Crippen MR) is 81.4 cm³/mol. The number of carbonyl (C=O) groups is 1. The summed E-state index contributed by atoms with van der Waals surface area (Å²) in [7, 11) is 0. The Morgan fingerprint density at radius 2 is 1.89 bits per heavy atom. The SMILES string of the molecule is CCCC(C)CNc1ccc(CC(=O)NCC)cc1. The van der Waals surface area contributed by atoms with Crippen LogP contribution in [0.1, 0.15) is 39.2 Å². The van der Waals surface area contributed by atoms with Crippen LogP contribution in [0.15, 0.2) is 24.3 Å². The van der Waals surface area contributed by atoms with Crippen molar-refractivity contribution in [2.45, 2.75) is 40.0 Å². The van der Waals surface area contributed by atoms with Crippen LogP contribution in [0.3, 0.4) is 0 Å². The quantitative estimate of drug-likeness (QED) is 0.755. The van der Waals surface area contributed by atoms with E-state index in [-0.39, 0.29) is 5.91 Å². The van der Waals surface area contributed by atoms with Gasteiger partial charge in [-0.05, 0) is 37.0 Å². The molecule has 0 radical (unpaired) electrons. The zero-order valence-corrected chi connectivity index (χ0v) is 12.3. The lowest BCUT2D eigenvalue weighted by molar-refractivity contribution is -0.120. The Bertz CT molecular complexity index is 373. The number of benzene rings is 1. The van der Waals surface area contributed by atoms with Gasteiger partial charge in [0, 0.05) is 18.8 Å². The molecule has 1 atom stereocenters. The van der Waals surface area contributed by atoms with Gasteiger partial charge in [-0.25, -0.2) is 0 Å². The Kier molecular flexibility index (Phi) is 7.01. The molecule has 0 aliphatic heterocycles. The van der Waals surface area contributed by atoms with Crippen molar-refractivity contribution in [2.75, 3.05) is 18.4 Å². The van der Waals surface area contributed by atoms with Crippen LogP contribution in [-0.4, -0.2) is 19.0 Å². The summed E-state index contributed by atoms with van der Waals surface area (Å²) in [5.41, 5.74) is 2.18. The summed E-state index contributed by atoms with van der Waals surface area (Å²) in [6, 6.07) is 8.13. The molecule has 0 aliphatic carbocycles. The van der Waals surface area contributed by atoms with Gasteiger partial charge in [0.15, 0.2) is 0 Å². The maximum atomic E-state index is 11.5. The van der Waals surface area contributed by atoms with Crippen molar-refractivity contribution < 1.29 is 4.79 Å². The fourth-order valence-corrected chi connectivity index (χ4v) is 2.07. The molecule has 0 aromatic heterocycles. The Morgan fingerprint density at radius 3 is 2.47 bits per heavy atom. The van der Waals surface area contributed by atoms with Crippen LogP contribution in [0.2, 0.25) is 0 Å². The molecule has 0 spiro atoms. The second-order valence-corrected chi connectivity index (χ2v) is 5.10. The molecule has 19 heavy (non-hydrogen) atoms. The molecule has 0 fully saturated rings. The first-order valence-electron chi connectivity index (χ1n) is 7.25. The molecule has 3 heteroatoms. The minimum Gasteiger partial charge on any atom is -0.385 e. The van der Waals surface area contributed by atoms with E-state index in [4.69, 9.17) is 0 Å². The van der Waals surface area contributed by atoms with Gasteiger partial charge in [0.25, 0.3) is 0 Å². The first kappa shape index (κ1) is 15.5. The first-order chi connectivity index (χ1) is 9.15. The normalized spacial score (nSPS) is 11.9. The number of hydrogen-bond acceptors (Lipinski definition) is 2. The number of hydrogen-bond donors (Lipinski definition) is 2. The van der Waals surface area contributed by atoms with E-state index in [1.807, 2.05) is 31.2 Å². The van der Waals surface area contributed by atoms with E-state index < -0.39 is 0 Å². The summed E-state index contributed by atoms with van der Waals surface area (Å²) in [6.45, 7) is 8.10. The molecule has 1 unspecified atom stereocenters. The fourth-order valence-electron chi connectivity index (χ4n) is 2.07. The Hall–Kier alpha value is -1.51. The van der Waals surface area contributed by atoms with Crippen LogP contribution < -0.4 is 10.6 Å². The lowest BCUT2D eigenvalue weighted by Gasteiger charge is -2.12. The average molecular weight is 262 g/mol. The summed E-state index contributed by atoms with van der Waals surface area (Å²) in [6.07, 6.45) is 2.94. The van der Waals surface area contributed by atoms with Crippen LogP contribution >= 0.6 is 0 Å². The molecule has 0 aliphatic rings. The highest BCUT2D eigenvalue weighted by Crippen LogP contribution is 2.12. The van der Waals surface area contributed by atoms with Crippen LogP contribution in [0.25, 0.3) is 0 Å². The molecule has 1 rings (SSSR count). The molecular formula is C16H26N2O. The summed E-state index contributed by atoms with van der Waals surface area (Å²) in [5, 5.41) is 6.24. The van der Waals surface area contributed by atoms with Gasteiger partial charge in [-0.15, -0.1) is 0 Å². The van der Waals surface area contributed by atoms with Gasteiger partial charge in [-0.1, -0.05) is 32.4 Å². The van der Waals surface area contributed by atoms with Gasteiger partial charge in [0.2, 0.25) is 5.91 Å². The van der Waals surface area contributed by atoms with E-state index in [2.05, 4.69) is 24.5 Å². The van der Waals surface area contributed by atoms with Gasteiger partial charge < -0.3 is 10.6 Å². The van der Waals surface area contributed by atoms with E-state index in [0.717, 1.165) is 17.8 Å². The molecule has 3 nitrogen and oxygen atoms in total. The maximum Gasteiger partial charge on any atom is 0.224 e. The highest BCUT2D eigenvalue weighted by molar-refractivity contribution is 5.78. The molecule has 0 saturated carbocycles. The van der Waals surface area contributed by atoms with Crippen LogP contribution in [0.4, 0.5) is 5.69 Å². The number of nitrogens with one attached hydrogen (secondary N) is 2. The van der Waals surface area contributed by atoms with E-state index in [1.165, 1.54) is 12.8 Å². The fraction of sp³-hybridized carbons (Fsp3) is 0.562. The smallest absolute Gasteiger partial charge is 0.224 e. The minimum atomic E-state index is 0.0831. The topological polar surface area (TPSA) is 41.1 Å². The molecule has 1 aromatic carbocycles.